The molecule has 0 spiro atoms. The Bertz CT molecular complexity index is 1290. The van der Waals surface area contributed by atoms with E-state index in [1.165, 1.54) is 13.8 Å². The van der Waals surface area contributed by atoms with Gasteiger partial charge in [0.15, 0.2) is 0 Å². The number of nitrogens with one attached hydrogen (secondary N) is 2. The summed E-state index contributed by atoms with van der Waals surface area (Å²) in [6.07, 6.45) is -6.79. The zero-order chi connectivity index (χ0) is 45.0. The third-order valence-corrected chi connectivity index (χ3v) is 9.24. The van der Waals surface area contributed by atoms with E-state index in [2.05, 4.69) is 24.8 Å². The number of aliphatic hydroxyl groups excluding tert-OH is 10. The first-order valence-electron chi connectivity index (χ1n) is 18.6. The van der Waals surface area contributed by atoms with Crippen LogP contribution in [0, 0.1) is 5.92 Å². The molecular formula is C35H67N2Na3O27. The van der Waals surface area contributed by atoms with Crippen LogP contribution >= 0.6 is 0 Å². The van der Waals surface area contributed by atoms with Gasteiger partial charge in [-0.25, -0.2) is 0 Å². The molecule has 29 nitrogen and oxygen atoms in total. The number of ether oxygens (including phenoxy) is 4. The minimum atomic E-state index is -1.49. The van der Waals surface area contributed by atoms with E-state index in [0.717, 1.165) is 18.9 Å². The molecule has 22 N–H and O–H groups in total. The zero-order valence-electron chi connectivity index (χ0n) is 38.0. The van der Waals surface area contributed by atoms with E-state index in [1.807, 2.05) is 0 Å². The molecule has 382 valence electrons. The van der Waals surface area contributed by atoms with Crippen LogP contribution in [0.2, 0.25) is 0 Å². The largest absolute Gasteiger partial charge is 1.00 e. The third kappa shape index (κ3) is 33.5. The number of amides is 2. The molecule has 0 bridgehead atoms. The minimum absolute atomic E-state index is 0. The molecule has 14 unspecified atom stereocenters. The van der Waals surface area contributed by atoms with E-state index in [1.54, 1.807) is 0 Å². The Morgan fingerprint density at radius 2 is 0.985 bits per heavy atom. The molecule has 4 fully saturated rings. The molecule has 32 heteroatoms. The fourth-order valence-electron chi connectivity index (χ4n) is 5.85. The van der Waals surface area contributed by atoms with Gasteiger partial charge in [-0.15, -0.1) is 0 Å². The standard InChI is InChI=1S/C9H17NO3.C8H15NO4.2C6H10O5.C6H8O5.3Na.5H2O/c1-6(12)10-8-3-2-7(5-11)9(13)4-8;1-5(11)9-6-2-7(12)8(3-10)13-4-6;3*7-3-1-5(6(9)10)11-2-4(3)8;;;;;;;;/h7-9,11,13H,2-5H2,1H3,(H,10,12);6-8,10,12H,2-4H2,1H3,(H,9,11);2*3-5,7-8H,1-2H2,(H,9,10);1,3-4,7-8H,2H2,(H,9,10);;;;5*1H2/q;;;;;3*+1;;;;;/p-3. The summed E-state index contributed by atoms with van der Waals surface area (Å²) in [5, 5.41) is 126. The molecule has 0 aromatic heterocycles. The quantitative estimate of drug-likeness (QED) is 0.105. The van der Waals surface area contributed by atoms with Crippen LogP contribution in [-0.4, -0.2) is 227 Å². The average molecular weight is 1020 g/mol. The molecule has 5 aliphatic rings. The number of hydrogen-bond acceptors (Lipinski definition) is 22. The molecular weight excluding hydrogens is 949 g/mol. The van der Waals surface area contributed by atoms with Gasteiger partial charge in [0.05, 0.1) is 81.0 Å². The van der Waals surface area contributed by atoms with Gasteiger partial charge in [0.25, 0.3) is 0 Å². The van der Waals surface area contributed by atoms with Gasteiger partial charge >= 0.3 is 88.7 Å². The SMILES string of the molecule is CC(=O)NC1CCC(CO)C(O)C1.CC(=O)NC1COC(CO)C(O)C1.O.O.O.O.O.O=C([O-])C1=CC(O)C(O)CO1.O=C([O-])C1CC(O)C(O)CO1.O=C([O-])C1CC(O)C(O)CO1.[Na+].[Na+].[Na+]. The van der Waals surface area contributed by atoms with Crippen molar-refractivity contribution in [2.75, 3.05) is 39.6 Å². The molecule has 1 aliphatic carbocycles. The van der Waals surface area contributed by atoms with Crippen molar-refractivity contribution >= 4 is 29.7 Å². The molecule has 0 radical (unpaired) electrons. The van der Waals surface area contributed by atoms with Crippen LogP contribution in [0.15, 0.2) is 11.8 Å². The van der Waals surface area contributed by atoms with Crippen LogP contribution in [0.3, 0.4) is 0 Å². The van der Waals surface area contributed by atoms with E-state index in [-0.39, 0.29) is 192 Å². The van der Waals surface area contributed by atoms with E-state index >= 15 is 0 Å². The molecule has 4 heterocycles. The average Bonchev–Trinajstić information content (AvgIpc) is 3.15. The molecule has 5 rings (SSSR count). The number of carboxylic acid groups (broad SMARTS) is 3. The number of hydrogen-bond donors (Lipinski definition) is 12. The van der Waals surface area contributed by atoms with Crippen molar-refractivity contribution in [1.82, 2.24) is 10.6 Å². The van der Waals surface area contributed by atoms with Gasteiger partial charge in [-0.2, -0.15) is 0 Å². The Labute approximate surface area is 451 Å². The fraction of sp³-hybridized carbons (Fsp3) is 0.800. The summed E-state index contributed by atoms with van der Waals surface area (Å²) < 4.78 is 18.9. The number of carbonyl (C=O) groups excluding carboxylic acids is 5. The zero-order valence-corrected chi connectivity index (χ0v) is 44.0. The Morgan fingerprint density at radius 1 is 0.552 bits per heavy atom. The van der Waals surface area contributed by atoms with Gasteiger partial charge in [-0.1, -0.05) is 0 Å². The van der Waals surface area contributed by atoms with Crippen LogP contribution in [0.4, 0.5) is 0 Å². The molecule has 1 saturated carbocycles. The molecule has 3 saturated heterocycles. The third-order valence-electron chi connectivity index (χ3n) is 9.24. The predicted octanol–water partition coefficient (Wildman–Crippen LogP) is -23.0. The van der Waals surface area contributed by atoms with Gasteiger partial charge in [0.2, 0.25) is 11.8 Å². The number of carboxylic acids is 3. The second-order valence-electron chi connectivity index (χ2n) is 14.2. The topological polar surface area (TPSA) is 575 Å². The Kier molecular flexibility index (Phi) is 54.4. The van der Waals surface area contributed by atoms with Crippen molar-refractivity contribution in [2.24, 2.45) is 5.92 Å². The summed E-state index contributed by atoms with van der Waals surface area (Å²) in [6.45, 7) is 2.57. The summed E-state index contributed by atoms with van der Waals surface area (Å²) in [6, 6.07) is -0.0643. The van der Waals surface area contributed by atoms with Crippen LogP contribution in [0.25, 0.3) is 0 Å². The smallest absolute Gasteiger partial charge is 0.547 e. The van der Waals surface area contributed by atoms with Gasteiger partial charge in [-0.05, 0) is 31.8 Å². The maximum absolute atomic E-state index is 10.7. The maximum Gasteiger partial charge on any atom is 1.00 e. The van der Waals surface area contributed by atoms with Crippen molar-refractivity contribution in [3.8, 4) is 0 Å². The summed E-state index contributed by atoms with van der Waals surface area (Å²) in [7, 11) is 0. The number of aliphatic hydroxyl groups is 10. The summed E-state index contributed by atoms with van der Waals surface area (Å²) in [4.78, 5) is 51.9. The van der Waals surface area contributed by atoms with E-state index < -0.39 is 90.8 Å². The first-order chi connectivity index (χ1) is 27.6. The van der Waals surface area contributed by atoms with E-state index in [4.69, 9.17) is 45.6 Å². The Balaban J connectivity index is -0.000000105. The maximum atomic E-state index is 10.7. The second kappa shape index (κ2) is 43.9. The predicted molar refractivity (Wildman–Crippen MR) is 205 cm³/mol. The number of carbonyl (C=O) groups is 5. The van der Waals surface area contributed by atoms with Crippen molar-refractivity contribution in [2.45, 2.75) is 132 Å². The van der Waals surface area contributed by atoms with Gasteiger partial charge in [0.1, 0.15) is 48.9 Å². The molecule has 14 atom stereocenters. The van der Waals surface area contributed by atoms with Gasteiger partial charge in [-0.3, -0.25) is 9.59 Å². The molecule has 67 heavy (non-hydrogen) atoms. The first kappa shape index (κ1) is 83.1. The minimum Gasteiger partial charge on any atom is -0.547 e. The second-order valence-corrected chi connectivity index (χ2v) is 14.2. The van der Waals surface area contributed by atoms with Crippen LogP contribution in [0.5, 0.6) is 0 Å². The molecule has 4 aliphatic heterocycles. The summed E-state index contributed by atoms with van der Waals surface area (Å²) >= 11 is 0. The van der Waals surface area contributed by atoms with Crippen molar-refractivity contribution in [3.05, 3.63) is 11.8 Å². The number of rotatable bonds is 7. The van der Waals surface area contributed by atoms with Crippen molar-refractivity contribution in [1.29, 1.82) is 0 Å². The summed E-state index contributed by atoms with van der Waals surface area (Å²) in [5.41, 5.74) is 0. The summed E-state index contributed by atoms with van der Waals surface area (Å²) in [5.74, 6) is -4.82. The van der Waals surface area contributed by atoms with E-state index in [0.29, 0.717) is 19.4 Å². The van der Waals surface area contributed by atoms with Crippen LogP contribution < -0.4 is 115 Å². The number of aliphatic carboxylic acids is 3. The van der Waals surface area contributed by atoms with E-state index in [9.17, 15) is 49.5 Å². The first-order valence-corrected chi connectivity index (χ1v) is 18.6. The van der Waals surface area contributed by atoms with Gasteiger partial charge < -0.3 is 138 Å². The molecule has 0 aromatic carbocycles. The fourth-order valence-corrected chi connectivity index (χ4v) is 5.85. The Hall–Kier alpha value is -0.830. The normalized spacial score (nSPS) is 31.0. The Morgan fingerprint density at radius 3 is 1.31 bits per heavy atom. The van der Waals surface area contributed by atoms with Crippen molar-refractivity contribution in [3.63, 3.8) is 0 Å². The van der Waals surface area contributed by atoms with Crippen molar-refractivity contribution < 1.29 is 225 Å². The van der Waals surface area contributed by atoms with Gasteiger partial charge in [0, 0.05) is 45.3 Å². The van der Waals surface area contributed by atoms with Crippen LogP contribution in [0.1, 0.15) is 52.4 Å². The molecule has 0 aromatic rings. The van der Waals surface area contributed by atoms with Crippen LogP contribution in [-0.2, 0) is 42.9 Å². The monoisotopic (exact) mass is 1020 g/mol. The molecule has 2 amide bonds.